The fourth-order valence-corrected chi connectivity index (χ4v) is 33.3. The van der Waals surface area contributed by atoms with Crippen molar-refractivity contribution in [3.05, 3.63) is 241 Å². The minimum atomic E-state index is -1.72. The predicted molar refractivity (Wildman–Crippen MR) is 607 cm³/mol. The van der Waals surface area contributed by atoms with E-state index >= 15 is 0 Å². The molecule has 678 valence electrons. The largest absolute Gasteiger partial charge is 0.643 e. The molecule has 2 N–H and O–H groups in total. The Morgan fingerprint density at radius 1 is 0.425 bits per heavy atom. The summed E-state index contributed by atoms with van der Waals surface area (Å²) < 4.78 is 35.5. The van der Waals surface area contributed by atoms with Gasteiger partial charge in [-0.05, 0) is 246 Å². The molecule has 0 fully saturated rings. The van der Waals surface area contributed by atoms with Crippen molar-refractivity contribution in [2.75, 3.05) is 7.05 Å². The van der Waals surface area contributed by atoms with Gasteiger partial charge >= 0.3 is 11.4 Å². The Labute approximate surface area is 880 Å². The van der Waals surface area contributed by atoms with Gasteiger partial charge in [-0.2, -0.15) is 0 Å². The molecule has 0 saturated heterocycles. The molecule has 0 aliphatic carbocycles. The van der Waals surface area contributed by atoms with E-state index in [1.165, 1.54) is 163 Å². The number of fused-ring (bicyclic) bond motifs is 9. The zero-order valence-corrected chi connectivity index (χ0v) is 92.4. The maximum atomic E-state index is 12.2. The number of nitriles is 2. The number of halogens is 5. The number of allylic oxidation sites excluding steroid dienone is 2. The topological polar surface area (TPSA) is 200 Å². The Morgan fingerprint density at radius 2 is 0.701 bits per heavy atom. The summed E-state index contributed by atoms with van der Waals surface area (Å²) in [7, 11) is 22.1. The maximum absolute atomic E-state index is 12.2. The number of unbranched alkanes of at least 4 members (excludes halogenated alkanes) is 3. The molecule has 41 heteroatoms. The van der Waals surface area contributed by atoms with E-state index in [1.54, 1.807) is 126 Å². The van der Waals surface area contributed by atoms with Crippen molar-refractivity contribution in [1.29, 1.82) is 11.8 Å². The van der Waals surface area contributed by atoms with Gasteiger partial charge in [0.2, 0.25) is 10.5 Å². The SMILES string of the molecule is CN.Cn1c(-c2cc3sc(C=O)cc3s2)ccc1-c1cc2sc(C=O)cc2s1.Cn1c(-c2cc3sccc3s2)ccc1-c1cc2sccc2s1.O=C(CCC(=O)c1cc2sccc2s1)c1cc2sccc2s1.O=C(Cl)CCC(=O)Cl.[3H]P=S=S.[C-]#[N+]/C(C#N)=C\c1cc2sc(-c3ccc(-c4cc5sc(/C=C(\C#N)[N+]#[C-])cc5s4)n3CCCCCC)cc2s1.[Cl][Al]([Cl])[Cl].c1cc2sccc2s1. The average Bonchev–Trinajstić information content (AvgIpc) is 1.63. The van der Waals surface area contributed by atoms with Crippen molar-refractivity contribution >= 4 is 429 Å². The van der Waals surface area contributed by atoms with Crippen molar-refractivity contribution in [2.24, 2.45) is 19.8 Å². The van der Waals surface area contributed by atoms with Gasteiger partial charge in [0.25, 0.3) is 11.4 Å². The fraction of sp³-hybridized carbons (Fsp3) is 0.140. The van der Waals surface area contributed by atoms with Crippen molar-refractivity contribution < 1.29 is 28.8 Å². The lowest BCUT2D eigenvalue weighted by molar-refractivity contribution is -0.116. The third-order valence-electron chi connectivity index (χ3n) is 19.4. The van der Waals surface area contributed by atoms with Gasteiger partial charge in [0.05, 0.1) is 108 Å². The van der Waals surface area contributed by atoms with E-state index in [0.29, 0.717) is 7.96 Å². The first-order valence-electron chi connectivity index (χ1n) is 40.1. The molecule has 0 aliphatic heterocycles. The van der Waals surface area contributed by atoms with Crippen molar-refractivity contribution in [1.82, 2.24) is 13.7 Å². The Hall–Kier alpha value is -7.08. The second-order valence-electron chi connectivity index (χ2n) is 27.8. The van der Waals surface area contributed by atoms with E-state index in [1.807, 2.05) is 105 Å². The van der Waals surface area contributed by atoms with Gasteiger partial charge < -0.3 is 19.4 Å². The van der Waals surface area contributed by atoms with Crippen LogP contribution in [0.5, 0.6) is 0 Å². The summed E-state index contributed by atoms with van der Waals surface area (Å²) in [6.07, 6.45) is 10.5. The maximum Gasteiger partial charge on any atom is 0.643 e. The summed E-state index contributed by atoms with van der Waals surface area (Å²) in [6.45, 7) is 17.4. The molecule has 21 heterocycles. The summed E-state index contributed by atoms with van der Waals surface area (Å²) in [5.41, 5.74) is 12.1. The van der Waals surface area contributed by atoms with Gasteiger partial charge in [0, 0.05) is 141 Å². The minimum absolute atomic E-state index is 0.0316. The lowest BCUT2D eigenvalue weighted by Gasteiger charge is -2.12. The molecule has 0 aliphatic rings. The van der Waals surface area contributed by atoms with Crippen LogP contribution in [0.3, 0.4) is 0 Å². The van der Waals surface area contributed by atoms with Crippen molar-refractivity contribution in [3.8, 4) is 75.6 Å². The Bertz CT molecular complexity index is 7340. The Balaban J connectivity index is 0.000000142. The van der Waals surface area contributed by atoms with Crippen LogP contribution in [0.1, 0.15) is 107 Å². The van der Waals surface area contributed by atoms with Crippen molar-refractivity contribution in [3.63, 3.8) is 0 Å². The predicted octanol–water partition coefficient (Wildman–Crippen LogP) is 36.2. The summed E-state index contributed by atoms with van der Waals surface area (Å²) in [6, 6.07) is 55.3. The summed E-state index contributed by atoms with van der Waals surface area (Å²) in [4.78, 5) is 85.2. The van der Waals surface area contributed by atoms with Crippen LogP contribution >= 0.6 is 265 Å². The van der Waals surface area contributed by atoms with E-state index in [-0.39, 0.29) is 48.6 Å². The first-order chi connectivity index (χ1) is 65.4. The highest BCUT2D eigenvalue weighted by Crippen LogP contribution is 2.48. The van der Waals surface area contributed by atoms with Crippen LogP contribution < -0.4 is 5.73 Å². The Morgan fingerprint density at radius 3 is 0.993 bits per heavy atom. The normalized spacial score (nSPS) is 11.2. The van der Waals surface area contributed by atoms with E-state index < -0.39 is 21.9 Å². The molecule has 0 aromatic carbocycles. The number of hydrogen-bond acceptors (Lipinski definition) is 28. The number of aldehydes is 2. The van der Waals surface area contributed by atoms with Crippen LogP contribution in [0.4, 0.5) is 0 Å². The number of nitrogens with zero attached hydrogens (tertiary/aromatic N) is 7. The van der Waals surface area contributed by atoms with Crippen LogP contribution in [0, 0.1) is 35.8 Å². The van der Waals surface area contributed by atoms with Gasteiger partial charge in [-0.3, -0.25) is 28.8 Å². The highest BCUT2D eigenvalue weighted by molar-refractivity contribution is 8.28. The Kier molecular flexibility index (Phi) is 38.9. The lowest BCUT2D eigenvalue weighted by atomic mass is 10.1. The molecule has 0 bridgehead atoms. The molecule has 14 nitrogen and oxygen atoms in total. The van der Waals surface area contributed by atoms with E-state index in [4.69, 9.17) is 78.3 Å². The number of hydrogen-bond donors (Lipinski definition) is 1. The number of nitrogens with two attached hydrogens (primary N) is 1. The van der Waals surface area contributed by atoms with Gasteiger partial charge in [-0.1, -0.05) is 35.7 Å². The van der Waals surface area contributed by atoms with E-state index in [2.05, 4.69) is 192 Å². The standard InChI is InChI=1S/C30H21N5S4.C19H11NO2S4.C17H11NS4.C16H10O2S4.C6H4S2.C4H4Cl2O2.CH5N.Al.3ClH.HPS2/c1-4-5-6-7-10-35-23(25-15-29-27(38-25)13-21(36-29)11-19(17-31)33-2)8-9-24(35)26-16-30-28(39-26)14-22(37-30)12-20(18-32)34-3;1-20-12(14-6-18-16(25-14)4-10(8-21)23-18)2-3-13(20)15-7-19-17(26-15)5-11(9-22)24-19;1-18-10(14-8-16-12(21-14)4-6-19-16)2-3-11(18)15-9-17-13(22-15)5-7-20-17;17-9(13-7-15-11(21-13)3-5-19-15)1-2-10(18)14-8-16-12(22-14)4-6-20-16;1-3-7-6-2-4-8-5(1)6;5-3(7)1-2-4(6)8;1-2;;;;;1-3-2/h8-9,11-16H,4-7,10H2,1H3;2-9H,1H3;2-9H,1H3;3-8H,1-2H2;1-4H;1-2H2;2H2,1H3;;3*1H;1H/q;;;;;;;+3;;;;/p-3/b19-11-,20-12+;;;;;;;;;;;/i;;;;;;;;;;;1T. The van der Waals surface area contributed by atoms with Gasteiger partial charge in [-0.25, -0.2) is 50.4 Å². The number of aromatic nitrogens is 3. The fourth-order valence-electron chi connectivity index (χ4n) is 13.4. The third kappa shape index (κ3) is 26.7. The van der Waals surface area contributed by atoms with Crippen molar-refractivity contribution in [2.45, 2.75) is 64.8 Å². The molecule has 0 saturated carbocycles. The summed E-state index contributed by atoms with van der Waals surface area (Å²) in [5.74, 6) is 0.139. The number of Topliss-reactive ketones (excluding diaryl/α,β-unsaturated/α-hetero) is 2. The average molecular weight is 2270 g/mol. The lowest BCUT2D eigenvalue weighted by Crippen LogP contribution is -2.02. The first kappa shape index (κ1) is 103. The number of ketones is 2. The molecule has 0 spiro atoms. The molecule has 0 amide bonds. The monoisotopic (exact) mass is 2270 g/mol. The highest BCUT2D eigenvalue weighted by atomic mass is 35.8. The number of carbonyl (C=O) groups excluding carboxylic acids is 6. The van der Waals surface area contributed by atoms with Gasteiger partial charge in [-0.15, -0.1) is 204 Å². The molecular weight excluding hydrogens is 2200 g/mol. The zero-order valence-electron chi connectivity index (χ0n) is 71.2. The molecule has 0 atom stereocenters. The molecule has 21 aromatic rings. The van der Waals surface area contributed by atoms with Crippen LogP contribution in [0.2, 0.25) is 0 Å². The zero-order chi connectivity index (χ0) is 95.9. The molecule has 0 unspecified atom stereocenters. The smallest absolute Gasteiger partial charge is 0.342 e. The summed E-state index contributed by atoms with van der Waals surface area (Å²) in [5, 5.41) is 29.8. The van der Waals surface area contributed by atoms with Gasteiger partial charge in [0.1, 0.15) is 1.28 Å². The van der Waals surface area contributed by atoms with Crippen LogP contribution in [0.15, 0.2) is 189 Å². The molecule has 21 aromatic heterocycles. The first-order valence-corrected chi connectivity index (χ1v) is 63.5. The van der Waals surface area contributed by atoms with E-state index in [9.17, 15) is 28.8 Å². The third-order valence-corrected chi connectivity index (χ3v) is 39.2. The quantitative estimate of drug-likeness (QED) is 0.00939. The van der Waals surface area contributed by atoms with Crippen LogP contribution in [-0.2, 0) is 50.9 Å². The second-order valence-corrected chi connectivity index (χ2v) is 55.9. The number of thiophene rings is 18. The molecule has 0 radical (unpaired) electrons. The van der Waals surface area contributed by atoms with E-state index in [0.717, 1.165) is 121 Å². The number of carbonyl (C=O) groups is 6. The second kappa shape index (κ2) is 50.7. The summed E-state index contributed by atoms with van der Waals surface area (Å²) >= 11 is 42.9. The highest BCUT2D eigenvalue weighted by Gasteiger charge is 2.23. The van der Waals surface area contributed by atoms with Crippen LogP contribution in [0.25, 0.3) is 170 Å². The van der Waals surface area contributed by atoms with Crippen LogP contribution in [-0.4, -0.2) is 68.0 Å². The molecule has 21 rings (SSSR count). The minimum Gasteiger partial charge on any atom is -0.342 e. The molecular formula is C93H67AlCl5N8O6PS20. The molecule has 134 heavy (non-hydrogen) atoms. The number of rotatable bonds is 23. The van der Waals surface area contributed by atoms with Gasteiger partial charge in [0.15, 0.2) is 24.1 Å².